The number of carbonyl (C=O) groups is 1. The summed E-state index contributed by atoms with van der Waals surface area (Å²) in [5, 5.41) is 9.65. The number of rotatable bonds is 5. The zero-order chi connectivity index (χ0) is 13.7. The summed E-state index contributed by atoms with van der Waals surface area (Å²) in [5.74, 6) is 0.222. The normalized spacial score (nSPS) is 16.6. The second-order valence-corrected chi connectivity index (χ2v) is 5.22. The third-order valence-electron chi connectivity index (χ3n) is 3.17. The molecule has 104 valence electrons. The van der Waals surface area contributed by atoms with Crippen LogP contribution in [0.15, 0.2) is 17.4 Å². The van der Waals surface area contributed by atoms with Crippen molar-refractivity contribution >= 4 is 23.5 Å². The third kappa shape index (κ3) is 4.07. The maximum atomic E-state index is 10.5. The van der Waals surface area contributed by atoms with Gasteiger partial charge in [0.25, 0.3) is 0 Å². The topological polar surface area (TPSA) is 69.6 Å². The highest BCUT2D eigenvalue weighted by Crippen LogP contribution is 2.18. The molecular formula is C12H18N4O2S. The number of hydrogen-bond donors (Lipinski definition) is 1. The molecule has 1 aromatic rings. The van der Waals surface area contributed by atoms with Gasteiger partial charge in [0, 0.05) is 38.8 Å². The lowest BCUT2D eigenvalue weighted by molar-refractivity contribution is -0.137. The monoisotopic (exact) mass is 282 g/mol. The first-order valence-corrected chi connectivity index (χ1v) is 7.46. The van der Waals surface area contributed by atoms with E-state index < -0.39 is 5.97 Å². The van der Waals surface area contributed by atoms with E-state index in [4.69, 9.17) is 5.11 Å². The fourth-order valence-corrected chi connectivity index (χ4v) is 2.44. The van der Waals surface area contributed by atoms with Crippen molar-refractivity contribution in [3.8, 4) is 0 Å². The highest BCUT2D eigenvalue weighted by atomic mass is 32.2. The molecule has 1 fully saturated rings. The van der Waals surface area contributed by atoms with Crippen molar-refractivity contribution in [2.24, 2.45) is 0 Å². The highest BCUT2D eigenvalue weighted by molar-refractivity contribution is 7.98. The Bertz CT molecular complexity index is 435. The highest BCUT2D eigenvalue weighted by Gasteiger charge is 2.18. The zero-order valence-corrected chi connectivity index (χ0v) is 11.8. The fraction of sp³-hybridized carbons (Fsp3) is 0.583. The van der Waals surface area contributed by atoms with Crippen molar-refractivity contribution in [2.45, 2.75) is 11.4 Å². The summed E-state index contributed by atoms with van der Waals surface area (Å²) in [6, 6.07) is 2.00. The largest absolute Gasteiger partial charge is 0.481 e. The molecule has 0 atom stereocenters. The van der Waals surface area contributed by atoms with Crippen molar-refractivity contribution in [3.63, 3.8) is 0 Å². The number of carboxylic acids is 1. The molecule has 19 heavy (non-hydrogen) atoms. The van der Waals surface area contributed by atoms with Crippen LogP contribution in [0.1, 0.15) is 6.42 Å². The Morgan fingerprint density at radius 3 is 2.74 bits per heavy atom. The quantitative estimate of drug-likeness (QED) is 0.632. The Balaban J connectivity index is 1.87. The molecule has 0 saturated carbocycles. The lowest BCUT2D eigenvalue weighted by Gasteiger charge is -2.35. The third-order valence-corrected chi connectivity index (χ3v) is 3.82. The van der Waals surface area contributed by atoms with Crippen LogP contribution in [0.3, 0.4) is 0 Å². The molecular weight excluding hydrogens is 264 g/mol. The van der Waals surface area contributed by atoms with E-state index in [0.29, 0.717) is 6.54 Å². The number of nitrogens with zero attached hydrogens (tertiary/aromatic N) is 4. The van der Waals surface area contributed by atoms with E-state index in [1.165, 1.54) is 0 Å². The first-order chi connectivity index (χ1) is 9.19. The summed E-state index contributed by atoms with van der Waals surface area (Å²) >= 11 is 1.61. The minimum atomic E-state index is -0.733. The van der Waals surface area contributed by atoms with Gasteiger partial charge in [0.1, 0.15) is 17.2 Å². The molecule has 1 saturated heterocycles. The second-order valence-electron chi connectivity index (χ2n) is 4.39. The first kappa shape index (κ1) is 14.1. The number of anilines is 1. The van der Waals surface area contributed by atoms with Crippen LogP contribution in [0.25, 0.3) is 0 Å². The molecule has 0 unspecified atom stereocenters. The Morgan fingerprint density at radius 1 is 1.37 bits per heavy atom. The van der Waals surface area contributed by atoms with Crippen LogP contribution in [0, 0.1) is 0 Å². The van der Waals surface area contributed by atoms with Crippen LogP contribution in [0.2, 0.25) is 0 Å². The van der Waals surface area contributed by atoms with E-state index in [2.05, 4.69) is 19.8 Å². The molecule has 1 aliphatic rings. The molecule has 7 heteroatoms. The summed E-state index contributed by atoms with van der Waals surface area (Å²) < 4.78 is 0. The van der Waals surface area contributed by atoms with Gasteiger partial charge in [0.05, 0.1) is 6.42 Å². The fourth-order valence-electron chi connectivity index (χ4n) is 2.07. The summed E-state index contributed by atoms with van der Waals surface area (Å²) in [6.45, 7) is 4.15. The van der Waals surface area contributed by atoms with Gasteiger partial charge in [-0.05, 0) is 6.26 Å². The minimum absolute atomic E-state index is 0.212. The smallest absolute Gasteiger partial charge is 0.304 e. The molecule has 2 heterocycles. The van der Waals surface area contributed by atoms with E-state index in [9.17, 15) is 4.79 Å². The molecule has 1 N–H and O–H groups in total. The average Bonchev–Trinajstić information content (AvgIpc) is 2.45. The molecule has 1 aliphatic heterocycles. The van der Waals surface area contributed by atoms with Crippen LogP contribution in [0.4, 0.5) is 5.82 Å². The van der Waals surface area contributed by atoms with E-state index in [1.54, 1.807) is 18.1 Å². The maximum Gasteiger partial charge on any atom is 0.304 e. The minimum Gasteiger partial charge on any atom is -0.481 e. The zero-order valence-electron chi connectivity index (χ0n) is 10.9. The average molecular weight is 282 g/mol. The number of hydrogen-bond acceptors (Lipinski definition) is 6. The van der Waals surface area contributed by atoms with Gasteiger partial charge in [-0.2, -0.15) is 0 Å². The predicted molar refractivity (Wildman–Crippen MR) is 74.7 cm³/mol. The van der Waals surface area contributed by atoms with Gasteiger partial charge >= 0.3 is 5.97 Å². The predicted octanol–water partition coefficient (Wildman–Crippen LogP) is 0.795. The van der Waals surface area contributed by atoms with Gasteiger partial charge in [-0.25, -0.2) is 9.97 Å². The number of carboxylic acid groups (broad SMARTS) is 1. The number of aromatic nitrogens is 2. The Labute approximate surface area is 116 Å². The van der Waals surface area contributed by atoms with Crippen molar-refractivity contribution < 1.29 is 9.90 Å². The Hall–Kier alpha value is -1.34. The number of aliphatic carboxylic acids is 1. The van der Waals surface area contributed by atoms with E-state index in [-0.39, 0.29) is 6.42 Å². The standard InChI is InChI=1S/C12H18N4O2S/c1-19-11-8-10(13-9-14-11)16-6-4-15(5-7-16)3-2-12(17)18/h8-9H,2-7H2,1H3,(H,17,18). The molecule has 0 aliphatic carbocycles. The number of piperazine rings is 1. The van der Waals surface area contributed by atoms with Crippen LogP contribution in [-0.4, -0.2) is 64.9 Å². The molecule has 2 rings (SSSR count). The SMILES string of the molecule is CSc1cc(N2CCN(CCC(=O)O)CC2)ncn1. The summed E-state index contributed by atoms with van der Waals surface area (Å²) in [4.78, 5) is 23.4. The van der Waals surface area contributed by atoms with Gasteiger partial charge in [-0.1, -0.05) is 0 Å². The van der Waals surface area contributed by atoms with Gasteiger partial charge in [0.15, 0.2) is 0 Å². The van der Waals surface area contributed by atoms with Crippen LogP contribution >= 0.6 is 11.8 Å². The van der Waals surface area contributed by atoms with E-state index in [1.807, 2.05) is 12.3 Å². The van der Waals surface area contributed by atoms with Crippen LogP contribution < -0.4 is 4.90 Å². The van der Waals surface area contributed by atoms with Gasteiger partial charge < -0.3 is 10.0 Å². The number of thioether (sulfide) groups is 1. The molecule has 6 nitrogen and oxygen atoms in total. The van der Waals surface area contributed by atoms with Gasteiger partial charge in [-0.3, -0.25) is 9.69 Å². The van der Waals surface area contributed by atoms with Crippen molar-refractivity contribution in [2.75, 3.05) is 43.9 Å². The van der Waals surface area contributed by atoms with E-state index in [0.717, 1.165) is 37.0 Å². The molecule has 1 aromatic heterocycles. The first-order valence-electron chi connectivity index (χ1n) is 6.24. The lowest BCUT2D eigenvalue weighted by atomic mass is 10.3. The van der Waals surface area contributed by atoms with Gasteiger partial charge in [-0.15, -0.1) is 11.8 Å². The van der Waals surface area contributed by atoms with Crippen molar-refractivity contribution in [3.05, 3.63) is 12.4 Å². The Kier molecular flexibility index (Phi) is 4.98. The summed E-state index contributed by atoms with van der Waals surface area (Å²) in [5.41, 5.74) is 0. The molecule has 0 bridgehead atoms. The lowest BCUT2D eigenvalue weighted by Crippen LogP contribution is -2.47. The molecule has 0 aromatic carbocycles. The van der Waals surface area contributed by atoms with Crippen LogP contribution in [0.5, 0.6) is 0 Å². The van der Waals surface area contributed by atoms with Crippen molar-refractivity contribution in [1.82, 2.24) is 14.9 Å². The molecule has 0 spiro atoms. The summed E-state index contributed by atoms with van der Waals surface area (Å²) in [6.07, 6.45) is 3.80. The summed E-state index contributed by atoms with van der Waals surface area (Å²) in [7, 11) is 0. The maximum absolute atomic E-state index is 10.5. The Morgan fingerprint density at radius 2 is 2.11 bits per heavy atom. The molecule has 0 amide bonds. The van der Waals surface area contributed by atoms with Crippen LogP contribution in [-0.2, 0) is 4.79 Å². The van der Waals surface area contributed by atoms with Crippen molar-refractivity contribution in [1.29, 1.82) is 0 Å². The van der Waals surface area contributed by atoms with E-state index >= 15 is 0 Å². The molecule has 0 radical (unpaired) electrons. The second kappa shape index (κ2) is 6.72. The van der Waals surface area contributed by atoms with Gasteiger partial charge in [0.2, 0.25) is 0 Å².